The van der Waals surface area contributed by atoms with Crippen molar-refractivity contribution in [3.63, 3.8) is 0 Å². The molecule has 2 heterocycles. The van der Waals surface area contributed by atoms with E-state index in [9.17, 15) is 9.59 Å². The summed E-state index contributed by atoms with van der Waals surface area (Å²) in [6, 6.07) is -0.475. The lowest BCUT2D eigenvalue weighted by atomic mass is 9.76. The van der Waals surface area contributed by atoms with Crippen LogP contribution in [0.1, 0.15) is 25.7 Å². The number of methoxy groups -OCH3 is 1. The van der Waals surface area contributed by atoms with Gasteiger partial charge in [-0.25, -0.2) is 4.79 Å². The van der Waals surface area contributed by atoms with Crippen molar-refractivity contribution in [3.8, 4) is 0 Å². The normalized spacial score (nSPS) is 35.6. The minimum atomic E-state index is -0.511. The molecule has 24 heavy (non-hydrogen) atoms. The highest BCUT2D eigenvalue weighted by Crippen LogP contribution is 2.39. The van der Waals surface area contributed by atoms with Crippen molar-refractivity contribution >= 4 is 11.9 Å². The summed E-state index contributed by atoms with van der Waals surface area (Å²) < 4.78 is 22.2. The lowest BCUT2D eigenvalue weighted by Crippen LogP contribution is -2.63. The van der Waals surface area contributed by atoms with Crippen molar-refractivity contribution in [3.05, 3.63) is 0 Å². The minimum absolute atomic E-state index is 0.0330. The quantitative estimate of drug-likeness (QED) is 0.651. The van der Waals surface area contributed by atoms with Crippen molar-refractivity contribution in [2.24, 2.45) is 11.8 Å². The molecule has 0 aromatic heterocycles. The molecule has 136 valence electrons. The van der Waals surface area contributed by atoms with Crippen molar-refractivity contribution in [1.82, 2.24) is 10.6 Å². The maximum atomic E-state index is 11.9. The molecule has 8 heteroatoms. The maximum absolute atomic E-state index is 11.9. The second-order valence-corrected chi connectivity index (χ2v) is 6.57. The Kier molecular flexibility index (Phi) is 6.04. The summed E-state index contributed by atoms with van der Waals surface area (Å²) in [5, 5.41) is 5.02. The monoisotopic (exact) mass is 342 g/mol. The number of urea groups is 1. The molecule has 3 rings (SSSR count). The van der Waals surface area contributed by atoms with E-state index in [0.717, 1.165) is 25.7 Å². The predicted octanol–water partition coefficient (Wildman–Crippen LogP) is 0.405. The molecule has 0 aromatic rings. The molecule has 0 bridgehead atoms. The fourth-order valence-corrected chi connectivity index (χ4v) is 3.74. The molecule has 5 unspecified atom stereocenters. The number of fused-ring (bicyclic) bond motifs is 2. The number of hydrogen-bond acceptors (Lipinski definition) is 6. The van der Waals surface area contributed by atoms with Gasteiger partial charge >= 0.3 is 6.03 Å². The van der Waals surface area contributed by atoms with E-state index in [1.807, 2.05) is 0 Å². The molecule has 3 aliphatic rings. The van der Waals surface area contributed by atoms with E-state index < -0.39 is 12.3 Å². The highest BCUT2D eigenvalue weighted by Gasteiger charge is 2.47. The Balaban J connectivity index is 1.42. The first-order chi connectivity index (χ1) is 11.7. The number of nitrogens with one attached hydrogen (secondary N) is 2. The van der Waals surface area contributed by atoms with Crippen LogP contribution in [0.2, 0.25) is 0 Å². The number of carbonyl (C=O) groups excluding carboxylic acids is 2. The fraction of sp³-hybridized carbons (Fsp3) is 0.875. The van der Waals surface area contributed by atoms with Crippen molar-refractivity contribution in [2.75, 3.05) is 33.5 Å². The number of carbonyl (C=O) groups is 2. The van der Waals surface area contributed by atoms with E-state index >= 15 is 0 Å². The summed E-state index contributed by atoms with van der Waals surface area (Å²) >= 11 is 0. The van der Waals surface area contributed by atoms with Crippen LogP contribution in [0, 0.1) is 11.8 Å². The van der Waals surface area contributed by atoms with E-state index in [1.54, 1.807) is 7.11 Å². The minimum Gasteiger partial charge on any atom is -0.382 e. The van der Waals surface area contributed by atoms with Crippen LogP contribution in [0.15, 0.2) is 0 Å². The number of hydrogen-bond donors (Lipinski definition) is 2. The summed E-state index contributed by atoms with van der Waals surface area (Å²) in [5.74, 6) is -0.158. The van der Waals surface area contributed by atoms with Crippen LogP contribution in [0.4, 0.5) is 4.79 Å². The SMILES string of the molecule is COCCOCCOC1CCC2CC3C(=O)NC(=O)NC3OC2C1. The number of amides is 3. The number of rotatable bonds is 7. The first-order valence-electron chi connectivity index (χ1n) is 8.62. The Morgan fingerprint density at radius 3 is 2.79 bits per heavy atom. The summed E-state index contributed by atoms with van der Waals surface area (Å²) in [4.78, 5) is 23.4. The van der Waals surface area contributed by atoms with Crippen LogP contribution >= 0.6 is 0 Å². The van der Waals surface area contributed by atoms with Gasteiger partial charge in [0.25, 0.3) is 0 Å². The molecule has 2 saturated heterocycles. The molecule has 2 aliphatic heterocycles. The maximum Gasteiger partial charge on any atom is 0.323 e. The predicted molar refractivity (Wildman–Crippen MR) is 83.2 cm³/mol. The average molecular weight is 342 g/mol. The first-order valence-corrected chi connectivity index (χ1v) is 8.62. The van der Waals surface area contributed by atoms with Crippen LogP contribution in [-0.2, 0) is 23.7 Å². The van der Waals surface area contributed by atoms with Gasteiger partial charge in [0.15, 0.2) is 0 Å². The van der Waals surface area contributed by atoms with Crippen molar-refractivity contribution < 1.29 is 28.5 Å². The Bertz CT molecular complexity index is 460. The molecule has 8 nitrogen and oxygen atoms in total. The van der Waals surface area contributed by atoms with Gasteiger partial charge in [-0.3, -0.25) is 10.1 Å². The molecule has 1 saturated carbocycles. The van der Waals surface area contributed by atoms with E-state index in [2.05, 4.69) is 10.6 Å². The van der Waals surface area contributed by atoms with Crippen LogP contribution < -0.4 is 10.6 Å². The molecule has 3 amide bonds. The average Bonchev–Trinajstić information content (AvgIpc) is 2.56. The van der Waals surface area contributed by atoms with Gasteiger partial charge in [0.05, 0.1) is 44.6 Å². The summed E-state index contributed by atoms with van der Waals surface area (Å²) in [5.41, 5.74) is 0. The zero-order chi connectivity index (χ0) is 16.9. The third-order valence-corrected chi connectivity index (χ3v) is 4.98. The molecule has 0 aromatic carbocycles. The van der Waals surface area contributed by atoms with Gasteiger partial charge in [-0.1, -0.05) is 0 Å². The van der Waals surface area contributed by atoms with E-state index in [1.165, 1.54) is 0 Å². The van der Waals surface area contributed by atoms with E-state index in [-0.39, 0.29) is 24.0 Å². The molecular formula is C16H26N2O6. The zero-order valence-corrected chi connectivity index (χ0v) is 14.0. The van der Waals surface area contributed by atoms with Gasteiger partial charge in [-0.05, 0) is 25.2 Å². The molecular weight excluding hydrogens is 316 g/mol. The molecule has 2 N–H and O–H groups in total. The van der Waals surface area contributed by atoms with Gasteiger partial charge in [0.2, 0.25) is 5.91 Å². The largest absolute Gasteiger partial charge is 0.382 e. The molecule has 0 spiro atoms. The second-order valence-electron chi connectivity index (χ2n) is 6.57. The van der Waals surface area contributed by atoms with Crippen LogP contribution in [-0.4, -0.2) is 63.9 Å². The highest BCUT2D eigenvalue weighted by molar-refractivity contribution is 5.98. The number of ether oxygens (including phenoxy) is 4. The summed E-state index contributed by atoms with van der Waals surface area (Å²) in [6.45, 7) is 2.26. The molecule has 1 aliphatic carbocycles. The fourth-order valence-electron chi connectivity index (χ4n) is 3.74. The summed E-state index contributed by atoms with van der Waals surface area (Å²) in [7, 11) is 1.64. The van der Waals surface area contributed by atoms with Crippen molar-refractivity contribution in [2.45, 2.75) is 44.1 Å². The lowest BCUT2D eigenvalue weighted by molar-refractivity contribution is -0.172. The smallest absolute Gasteiger partial charge is 0.323 e. The Hall–Kier alpha value is -1.22. The van der Waals surface area contributed by atoms with Crippen LogP contribution in [0.5, 0.6) is 0 Å². The van der Waals surface area contributed by atoms with Gasteiger partial charge in [0.1, 0.15) is 6.23 Å². The summed E-state index contributed by atoms with van der Waals surface area (Å²) in [6.07, 6.45) is 3.16. The van der Waals surface area contributed by atoms with Crippen LogP contribution in [0.25, 0.3) is 0 Å². The number of imide groups is 1. The first kappa shape index (κ1) is 17.6. The van der Waals surface area contributed by atoms with Gasteiger partial charge in [-0.15, -0.1) is 0 Å². The van der Waals surface area contributed by atoms with Gasteiger partial charge in [0, 0.05) is 13.5 Å². The van der Waals surface area contributed by atoms with Crippen molar-refractivity contribution in [1.29, 1.82) is 0 Å². The second kappa shape index (κ2) is 8.24. The van der Waals surface area contributed by atoms with Gasteiger partial charge < -0.3 is 24.3 Å². The third kappa shape index (κ3) is 4.24. The highest BCUT2D eigenvalue weighted by atomic mass is 16.5. The van der Waals surface area contributed by atoms with E-state index in [4.69, 9.17) is 18.9 Å². The lowest BCUT2D eigenvalue weighted by Gasteiger charge is -2.46. The van der Waals surface area contributed by atoms with Crippen LogP contribution in [0.3, 0.4) is 0 Å². The Morgan fingerprint density at radius 1 is 1.12 bits per heavy atom. The molecule has 3 fully saturated rings. The third-order valence-electron chi connectivity index (χ3n) is 4.98. The van der Waals surface area contributed by atoms with Gasteiger partial charge in [-0.2, -0.15) is 0 Å². The zero-order valence-electron chi connectivity index (χ0n) is 14.0. The standard InChI is InChI=1S/C16H26N2O6/c1-21-4-5-22-6-7-23-11-3-2-10-8-12-14(19)17-16(20)18-15(12)24-13(10)9-11/h10-13,15H,2-9H2,1H3,(H2,17,18,19,20). The van der Waals surface area contributed by atoms with E-state index in [0.29, 0.717) is 32.3 Å². The Morgan fingerprint density at radius 2 is 1.96 bits per heavy atom. The molecule has 5 atom stereocenters. The molecule has 0 radical (unpaired) electrons. The Labute approximate surface area is 141 Å². The topological polar surface area (TPSA) is 95.1 Å².